The van der Waals surface area contributed by atoms with Crippen LogP contribution in [-0.4, -0.2) is 21.1 Å². The first-order valence-electron chi connectivity index (χ1n) is 6.27. The van der Waals surface area contributed by atoms with E-state index in [0.29, 0.717) is 20.8 Å². The number of benzene rings is 1. The maximum atomic E-state index is 13.8. The van der Waals surface area contributed by atoms with Crippen molar-refractivity contribution in [3.05, 3.63) is 21.5 Å². The molecular weight excluding hydrogens is 376 g/mol. The summed E-state index contributed by atoms with van der Waals surface area (Å²) in [5.74, 6) is 0.301. The summed E-state index contributed by atoms with van der Waals surface area (Å²) < 4.78 is 16.4. The number of hydrogen-bond donors (Lipinski definition) is 1. The monoisotopic (exact) mass is 391 g/mol. The van der Waals surface area contributed by atoms with E-state index in [9.17, 15) is 4.39 Å². The highest BCUT2D eigenvalue weighted by atomic mass is 127. The molecule has 0 radical (unpaired) electrons. The maximum Gasteiger partial charge on any atom is 0.201 e. The summed E-state index contributed by atoms with van der Waals surface area (Å²) in [4.78, 5) is 4.39. The normalized spacial score (nSPS) is 23.3. The van der Waals surface area contributed by atoms with Crippen molar-refractivity contribution in [1.82, 2.24) is 9.55 Å². The number of nitrogens with two attached hydrogens (primary N) is 1. The highest BCUT2D eigenvalue weighted by Crippen LogP contribution is 2.40. The Morgan fingerprint density at radius 3 is 3.00 bits per heavy atom. The fraction of sp³-hybridized carbons (Fsp3) is 0.462. The van der Waals surface area contributed by atoms with Gasteiger partial charge < -0.3 is 10.3 Å². The molecule has 3 nitrogen and oxygen atoms in total. The van der Waals surface area contributed by atoms with Gasteiger partial charge >= 0.3 is 0 Å². The second-order valence-corrected chi connectivity index (χ2v) is 7.11. The molecule has 1 heterocycles. The van der Waals surface area contributed by atoms with Crippen LogP contribution in [-0.2, 0) is 0 Å². The highest BCUT2D eigenvalue weighted by Gasteiger charge is 2.30. The van der Waals surface area contributed by atoms with Crippen LogP contribution in [0.5, 0.6) is 0 Å². The minimum Gasteiger partial charge on any atom is -0.369 e. The van der Waals surface area contributed by atoms with E-state index in [4.69, 9.17) is 5.73 Å². The van der Waals surface area contributed by atoms with Crippen LogP contribution in [0.15, 0.2) is 12.1 Å². The van der Waals surface area contributed by atoms with Crippen LogP contribution in [0.3, 0.4) is 0 Å². The van der Waals surface area contributed by atoms with Gasteiger partial charge in [0.05, 0.1) is 14.6 Å². The van der Waals surface area contributed by atoms with Gasteiger partial charge in [-0.15, -0.1) is 0 Å². The van der Waals surface area contributed by atoms with Crippen molar-refractivity contribution in [2.45, 2.75) is 30.6 Å². The Hall–Kier alpha value is -0.500. The summed E-state index contributed by atoms with van der Waals surface area (Å²) in [7, 11) is 0. The van der Waals surface area contributed by atoms with E-state index in [0.717, 1.165) is 17.5 Å². The van der Waals surface area contributed by atoms with Crippen LogP contribution in [0.25, 0.3) is 11.0 Å². The molecule has 0 aliphatic heterocycles. The molecule has 2 N–H and O–H groups in total. The summed E-state index contributed by atoms with van der Waals surface area (Å²) in [6, 6.07) is 3.66. The van der Waals surface area contributed by atoms with Gasteiger partial charge in [-0.2, -0.15) is 11.8 Å². The molecule has 1 saturated carbocycles. The molecule has 1 aromatic carbocycles. The lowest BCUT2D eigenvalue weighted by Crippen LogP contribution is -2.17. The average Bonchev–Trinajstić information content (AvgIpc) is 2.93. The van der Waals surface area contributed by atoms with Crippen LogP contribution in [0.2, 0.25) is 0 Å². The summed E-state index contributed by atoms with van der Waals surface area (Å²) in [6.45, 7) is 0. The Kier molecular flexibility index (Phi) is 3.63. The average molecular weight is 391 g/mol. The number of aromatic nitrogens is 2. The zero-order valence-corrected chi connectivity index (χ0v) is 13.5. The smallest absolute Gasteiger partial charge is 0.201 e. The predicted octanol–water partition coefficient (Wildman–Crippen LogP) is 3.82. The van der Waals surface area contributed by atoms with Crippen molar-refractivity contribution in [3.8, 4) is 0 Å². The lowest BCUT2D eigenvalue weighted by molar-refractivity contribution is 0.548. The third kappa shape index (κ3) is 2.22. The zero-order valence-electron chi connectivity index (χ0n) is 10.6. The van der Waals surface area contributed by atoms with Gasteiger partial charge in [0.1, 0.15) is 5.82 Å². The van der Waals surface area contributed by atoms with Gasteiger partial charge in [0.2, 0.25) is 5.95 Å². The number of fused-ring (bicyclic) bond motifs is 1. The van der Waals surface area contributed by atoms with Crippen LogP contribution < -0.4 is 5.73 Å². The van der Waals surface area contributed by atoms with Gasteiger partial charge in [-0.05, 0) is 47.8 Å². The highest BCUT2D eigenvalue weighted by molar-refractivity contribution is 14.1. The van der Waals surface area contributed by atoms with E-state index < -0.39 is 0 Å². The van der Waals surface area contributed by atoms with Gasteiger partial charge in [-0.3, -0.25) is 0 Å². The minimum atomic E-state index is -0.201. The Morgan fingerprint density at radius 2 is 2.26 bits per heavy atom. The number of anilines is 1. The first-order chi connectivity index (χ1) is 9.11. The number of thioether (sulfide) groups is 1. The summed E-state index contributed by atoms with van der Waals surface area (Å²) in [5, 5.41) is 0.544. The number of hydrogen-bond acceptors (Lipinski definition) is 3. The van der Waals surface area contributed by atoms with Gasteiger partial charge in [-0.1, -0.05) is 6.42 Å². The first kappa shape index (κ1) is 13.5. The number of imidazole rings is 1. The SMILES string of the molecule is CSC1CCCC1n1c(N)nc2cc(I)c(F)cc21. The molecule has 1 aromatic heterocycles. The van der Waals surface area contributed by atoms with E-state index in [-0.39, 0.29) is 5.82 Å². The Morgan fingerprint density at radius 1 is 1.47 bits per heavy atom. The standard InChI is InChI=1S/C13H15FIN3S/c1-19-12-4-2-3-10(12)18-11-5-7(14)8(15)6-9(11)17-13(18)16/h5-6,10,12H,2-4H2,1H3,(H2,16,17). The molecule has 2 atom stereocenters. The maximum absolute atomic E-state index is 13.8. The topological polar surface area (TPSA) is 43.8 Å². The quantitative estimate of drug-likeness (QED) is 0.792. The van der Waals surface area contributed by atoms with Crippen LogP contribution in [0, 0.1) is 9.39 Å². The third-order valence-corrected chi connectivity index (χ3v) is 5.79. The number of rotatable bonds is 2. The van der Waals surface area contributed by atoms with Gasteiger partial charge in [0.15, 0.2) is 0 Å². The Balaban J connectivity index is 2.17. The predicted molar refractivity (Wildman–Crippen MR) is 87.0 cm³/mol. The molecule has 0 saturated heterocycles. The van der Waals surface area contributed by atoms with E-state index in [1.807, 2.05) is 38.9 Å². The molecule has 3 rings (SSSR count). The van der Waals surface area contributed by atoms with Crippen molar-refractivity contribution in [2.24, 2.45) is 0 Å². The molecule has 0 amide bonds. The molecule has 19 heavy (non-hydrogen) atoms. The van der Waals surface area contributed by atoms with Gasteiger partial charge in [0.25, 0.3) is 0 Å². The van der Waals surface area contributed by atoms with Gasteiger partial charge in [0, 0.05) is 17.4 Å². The molecule has 2 aromatic rings. The minimum absolute atomic E-state index is 0.201. The molecule has 102 valence electrons. The summed E-state index contributed by atoms with van der Waals surface area (Å²) in [6.07, 6.45) is 5.61. The number of nitrogens with zero attached hydrogens (tertiary/aromatic N) is 2. The third-order valence-electron chi connectivity index (χ3n) is 3.81. The molecule has 1 fully saturated rings. The first-order valence-corrected chi connectivity index (χ1v) is 8.63. The molecule has 1 aliphatic rings. The Bertz CT molecular complexity index is 628. The fourth-order valence-electron chi connectivity index (χ4n) is 2.93. The lowest BCUT2D eigenvalue weighted by atomic mass is 10.2. The molecule has 0 bridgehead atoms. The van der Waals surface area contributed by atoms with Crippen molar-refractivity contribution >= 4 is 51.3 Å². The van der Waals surface area contributed by atoms with Crippen LogP contribution in [0.4, 0.5) is 10.3 Å². The molecule has 1 aliphatic carbocycles. The van der Waals surface area contributed by atoms with Crippen molar-refractivity contribution in [1.29, 1.82) is 0 Å². The number of halogens is 2. The lowest BCUT2D eigenvalue weighted by Gasteiger charge is -2.21. The number of nitrogen functional groups attached to an aromatic ring is 1. The fourth-order valence-corrected chi connectivity index (χ4v) is 4.36. The van der Waals surface area contributed by atoms with Crippen molar-refractivity contribution in [3.63, 3.8) is 0 Å². The molecule has 2 unspecified atom stereocenters. The Labute approximate surface area is 129 Å². The van der Waals surface area contributed by atoms with Gasteiger partial charge in [-0.25, -0.2) is 9.37 Å². The largest absolute Gasteiger partial charge is 0.369 e. The van der Waals surface area contributed by atoms with E-state index in [1.165, 1.54) is 12.8 Å². The van der Waals surface area contributed by atoms with Crippen molar-refractivity contribution < 1.29 is 4.39 Å². The summed E-state index contributed by atoms with van der Waals surface area (Å²) in [5.41, 5.74) is 7.68. The van der Waals surface area contributed by atoms with E-state index in [2.05, 4.69) is 11.2 Å². The van der Waals surface area contributed by atoms with E-state index in [1.54, 1.807) is 12.1 Å². The van der Waals surface area contributed by atoms with Crippen molar-refractivity contribution in [2.75, 3.05) is 12.0 Å². The second-order valence-electron chi connectivity index (χ2n) is 4.87. The van der Waals surface area contributed by atoms with Crippen LogP contribution in [0.1, 0.15) is 25.3 Å². The summed E-state index contributed by atoms with van der Waals surface area (Å²) >= 11 is 3.85. The zero-order chi connectivity index (χ0) is 13.6. The molecule has 6 heteroatoms. The molecular formula is C13H15FIN3S. The van der Waals surface area contributed by atoms with E-state index >= 15 is 0 Å². The van der Waals surface area contributed by atoms with Crippen LogP contribution >= 0.6 is 34.4 Å². The second kappa shape index (κ2) is 5.12. The molecule has 0 spiro atoms.